The van der Waals surface area contributed by atoms with Crippen molar-refractivity contribution < 1.29 is 31.5 Å². The monoisotopic (exact) mass is 516 g/mol. The van der Waals surface area contributed by atoms with Crippen molar-refractivity contribution in [2.24, 2.45) is 0 Å². The Kier molecular flexibility index (Phi) is 7.31. The molecule has 0 unspecified atom stereocenters. The minimum atomic E-state index is -2.22. The van der Waals surface area contributed by atoms with Crippen LogP contribution in [0.3, 0.4) is 0 Å². The molecule has 0 aromatic heterocycles. The van der Waals surface area contributed by atoms with Gasteiger partial charge < -0.3 is 14.5 Å². The maximum absolute atomic E-state index is 14.0. The van der Waals surface area contributed by atoms with Crippen molar-refractivity contribution in [1.29, 1.82) is 0 Å². The van der Waals surface area contributed by atoms with E-state index in [1.165, 1.54) is 4.90 Å². The number of rotatable bonds is 4. The van der Waals surface area contributed by atoms with Crippen LogP contribution in [0, 0.1) is 42.9 Å². The van der Waals surface area contributed by atoms with Crippen LogP contribution < -0.4 is 9.64 Å². The SMILES string of the molecule is Cc1c(Cl)c(C)c(Cl)c(OCC(=O)N2CCN(c3c(F)c(F)c(F)c(F)c3F)CC2)c1Cl. The molecule has 1 heterocycles. The van der Waals surface area contributed by atoms with Crippen molar-refractivity contribution in [2.75, 3.05) is 37.7 Å². The summed E-state index contributed by atoms with van der Waals surface area (Å²) in [4.78, 5) is 14.8. The Balaban J connectivity index is 1.68. The van der Waals surface area contributed by atoms with Gasteiger partial charge in [0.15, 0.2) is 35.6 Å². The molecule has 12 heteroatoms. The number of hydrogen-bond donors (Lipinski definition) is 0. The molecule has 2 aromatic carbocycles. The lowest BCUT2D eigenvalue weighted by atomic mass is 10.1. The molecule has 1 saturated heterocycles. The molecular formula is C20H16Cl3F5N2O2. The first-order chi connectivity index (χ1) is 15.0. The molecule has 0 N–H and O–H groups in total. The van der Waals surface area contributed by atoms with E-state index in [0.29, 0.717) is 16.1 Å². The molecule has 1 aliphatic heterocycles. The topological polar surface area (TPSA) is 32.8 Å². The van der Waals surface area contributed by atoms with Gasteiger partial charge in [0.2, 0.25) is 5.82 Å². The molecule has 0 radical (unpaired) electrons. The van der Waals surface area contributed by atoms with Crippen molar-refractivity contribution >= 4 is 46.4 Å². The number of carbonyl (C=O) groups excluding carboxylic acids is 1. The third kappa shape index (κ3) is 4.30. The second-order valence-corrected chi connectivity index (χ2v) is 8.23. The Morgan fingerprint density at radius 2 is 1.22 bits per heavy atom. The standard InChI is InChI=1S/C20H16Cl3F5N2O2/c1-8-11(21)9(2)13(23)20(12(8)22)32-7-10(31)29-3-5-30(6-4-29)19-17(27)15(25)14(24)16(26)18(19)28/h3-7H2,1-2H3. The number of anilines is 1. The molecule has 32 heavy (non-hydrogen) atoms. The first-order valence-corrected chi connectivity index (χ1v) is 10.4. The molecule has 2 aromatic rings. The number of hydrogen-bond acceptors (Lipinski definition) is 3. The van der Waals surface area contributed by atoms with Crippen molar-refractivity contribution in [3.8, 4) is 5.75 Å². The normalized spacial score (nSPS) is 14.2. The maximum Gasteiger partial charge on any atom is 0.260 e. The Morgan fingerprint density at radius 1 is 0.781 bits per heavy atom. The first kappa shape index (κ1) is 24.7. The molecule has 0 bridgehead atoms. The summed E-state index contributed by atoms with van der Waals surface area (Å²) in [5.41, 5.74) is 0.0543. The van der Waals surface area contributed by atoms with Gasteiger partial charge >= 0.3 is 0 Å². The lowest BCUT2D eigenvalue weighted by Gasteiger charge is -2.36. The molecule has 1 amide bonds. The molecule has 3 rings (SSSR count). The van der Waals surface area contributed by atoms with Gasteiger partial charge in [-0.1, -0.05) is 34.8 Å². The van der Waals surface area contributed by atoms with Crippen LogP contribution >= 0.6 is 34.8 Å². The van der Waals surface area contributed by atoms with Gasteiger partial charge in [-0.25, -0.2) is 22.0 Å². The number of halogens is 8. The van der Waals surface area contributed by atoms with Gasteiger partial charge in [0.25, 0.3) is 5.91 Å². The highest BCUT2D eigenvalue weighted by Crippen LogP contribution is 2.42. The molecule has 0 saturated carbocycles. The number of benzene rings is 2. The molecule has 0 aliphatic carbocycles. The smallest absolute Gasteiger partial charge is 0.260 e. The van der Waals surface area contributed by atoms with E-state index in [9.17, 15) is 26.7 Å². The van der Waals surface area contributed by atoms with Crippen LogP contribution in [-0.2, 0) is 4.79 Å². The minimum absolute atomic E-state index is 0.0260. The molecule has 174 valence electrons. The summed E-state index contributed by atoms with van der Waals surface area (Å²) in [7, 11) is 0. The van der Waals surface area contributed by atoms with Gasteiger partial charge in [-0.3, -0.25) is 4.79 Å². The highest BCUT2D eigenvalue weighted by molar-refractivity contribution is 6.42. The van der Waals surface area contributed by atoms with Gasteiger partial charge in [0.05, 0.1) is 10.0 Å². The zero-order chi connectivity index (χ0) is 23.9. The van der Waals surface area contributed by atoms with Crippen molar-refractivity contribution in [3.05, 3.63) is 55.3 Å². The highest BCUT2D eigenvalue weighted by Gasteiger charge is 2.31. The number of ether oxygens (including phenoxy) is 1. The summed E-state index contributed by atoms with van der Waals surface area (Å²) in [5.74, 6) is -10.5. The average Bonchev–Trinajstić information content (AvgIpc) is 2.79. The minimum Gasteiger partial charge on any atom is -0.481 e. The quantitative estimate of drug-likeness (QED) is 0.297. The van der Waals surface area contributed by atoms with Crippen molar-refractivity contribution in [2.45, 2.75) is 13.8 Å². The van der Waals surface area contributed by atoms with Crippen LogP contribution in [-0.4, -0.2) is 43.6 Å². The van der Waals surface area contributed by atoms with Crippen LogP contribution in [0.1, 0.15) is 11.1 Å². The summed E-state index contributed by atoms with van der Waals surface area (Å²) < 4.78 is 73.7. The van der Waals surface area contributed by atoms with Crippen LogP contribution in [0.2, 0.25) is 15.1 Å². The highest BCUT2D eigenvalue weighted by atomic mass is 35.5. The van der Waals surface area contributed by atoms with E-state index in [1.807, 2.05) is 0 Å². The number of piperazine rings is 1. The van der Waals surface area contributed by atoms with Crippen LogP contribution in [0.25, 0.3) is 0 Å². The third-order valence-corrected chi connectivity index (χ3v) is 6.67. The van der Waals surface area contributed by atoms with E-state index in [2.05, 4.69) is 0 Å². The first-order valence-electron chi connectivity index (χ1n) is 9.27. The van der Waals surface area contributed by atoms with E-state index < -0.39 is 47.3 Å². The molecule has 1 aliphatic rings. The fourth-order valence-corrected chi connectivity index (χ4v) is 4.13. The van der Waals surface area contributed by atoms with Crippen LogP contribution in [0.15, 0.2) is 0 Å². The van der Waals surface area contributed by atoms with E-state index in [4.69, 9.17) is 39.5 Å². The Bertz CT molecular complexity index is 1030. The van der Waals surface area contributed by atoms with Gasteiger partial charge in [0, 0.05) is 31.2 Å². The van der Waals surface area contributed by atoms with Gasteiger partial charge in [-0.2, -0.15) is 0 Å². The summed E-state index contributed by atoms with van der Waals surface area (Å²) in [6.45, 7) is 2.56. The number of nitrogens with zero attached hydrogens (tertiary/aromatic N) is 2. The van der Waals surface area contributed by atoms with Gasteiger partial charge in [-0.15, -0.1) is 0 Å². The fraction of sp³-hybridized carbons (Fsp3) is 0.350. The van der Waals surface area contributed by atoms with Crippen LogP contribution in [0.4, 0.5) is 27.6 Å². The largest absolute Gasteiger partial charge is 0.481 e. The summed E-state index contributed by atoms with van der Waals surface area (Å²) in [6.07, 6.45) is 0. The Hall–Kier alpha value is -1.97. The van der Waals surface area contributed by atoms with E-state index in [1.54, 1.807) is 13.8 Å². The van der Waals surface area contributed by atoms with Crippen LogP contribution in [0.5, 0.6) is 5.75 Å². The predicted octanol–water partition coefficient (Wildman–Crippen LogP) is 5.69. The zero-order valence-corrected chi connectivity index (χ0v) is 19.0. The second-order valence-electron chi connectivity index (χ2n) is 7.10. The van der Waals surface area contributed by atoms with Gasteiger partial charge in [0.1, 0.15) is 5.69 Å². The number of amides is 1. The average molecular weight is 518 g/mol. The Labute approximate surface area is 195 Å². The second kappa shape index (κ2) is 9.49. The lowest BCUT2D eigenvalue weighted by molar-refractivity contribution is -0.133. The fourth-order valence-electron chi connectivity index (χ4n) is 3.31. The predicted molar refractivity (Wildman–Crippen MR) is 111 cm³/mol. The molecular weight excluding hydrogens is 502 g/mol. The van der Waals surface area contributed by atoms with Crippen molar-refractivity contribution in [1.82, 2.24) is 4.90 Å². The van der Waals surface area contributed by atoms with E-state index in [-0.39, 0.29) is 42.0 Å². The van der Waals surface area contributed by atoms with E-state index in [0.717, 1.165) is 4.90 Å². The molecule has 1 fully saturated rings. The summed E-state index contributed by atoms with van der Waals surface area (Å²) in [5, 5.41) is 0.701. The third-order valence-electron chi connectivity index (χ3n) is 5.19. The molecule has 0 atom stereocenters. The lowest BCUT2D eigenvalue weighted by Crippen LogP contribution is -2.50. The Morgan fingerprint density at radius 3 is 1.69 bits per heavy atom. The van der Waals surface area contributed by atoms with Gasteiger partial charge in [-0.05, 0) is 25.0 Å². The maximum atomic E-state index is 14.0. The van der Waals surface area contributed by atoms with Crippen molar-refractivity contribution in [3.63, 3.8) is 0 Å². The van der Waals surface area contributed by atoms with E-state index >= 15 is 0 Å². The number of carbonyl (C=O) groups is 1. The summed E-state index contributed by atoms with van der Waals surface area (Å²) >= 11 is 18.6. The summed E-state index contributed by atoms with van der Waals surface area (Å²) in [6, 6.07) is 0. The molecule has 4 nitrogen and oxygen atoms in total. The zero-order valence-electron chi connectivity index (χ0n) is 16.8. The molecule has 0 spiro atoms.